The van der Waals surface area contributed by atoms with Crippen LogP contribution < -0.4 is 0 Å². The van der Waals surface area contributed by atoms with Gasteiger partial charge in [-0.1, -0.05) is 30.3 Å². The third-order valence-electron chi connectivity index (χ3n) is 3.98. The molecule has 2 aliphatic carbocycles. The van der Waals surface area contributed by atoms with Crippen molar-refractivity contribution in [2.45, 2.75) is 24.9 Å². The van der Waals surface area contributed by atoms with E-state index < -0.39 is 5.60 Å². The molecule has 0 unspecified atom stereocenters. The second-order valence-electron chi connectivity index (χ2n) is 4.70. The Morgan fingerprint density at radius 2 is 1.93 bits per heavy atom. The van der Waals surface area contributed by atoms with E-state index in [0.29, 0.717) is 0 Å². The van der Waals surface area contributed by atoms with E-state index in [1.54, 1.807) is 0 Å². The molecule has 0 radical (unpaired) electrons. The number of rotatable bonds is 1. The minimum Gasteiger partial charge on any atom is -0.377 e. The summed E-state index contributed by atoms with van der Waals surface area (Å²) < 4.78 is 0. The topological polar surface area (TPSA) is 37.3 Å². The Balaban J connectivity index is 2.08. The first-order chi connectivity index (χ1) is 7.23. The summed E-state index contributed by atoms with van der Waals surface area (Å²) in [5.41, 5.74) is -0.397. The van der Waals surface area contributed by atoms with Gasteiger partial charge in [0, 0.05) is 5.92 Å². The molecule has 2 aliphatic rings. The summed E-state index contributed by atoms with van der Waals surface area (Å²) >= 11 is 0. The quantitative estimate of drug-likeness (QED) is 0.755. The largest absolute Gasteiger partial charge is 0.377 e. The smallest absolute Gasteiger partial charge is 0.172 e. The van der Waals surface area contributed by atoms with Crippen LogP contribution in [0.25, 0.3) is 0 Å². The first-order valence-electron chi connectivity index (χ1n) is 5.55. The third kappa shape index (κ3) is 1.06. The molecule has 2 heteroatoms. The van der Waals surface area contributed by atoms with Gasteiger partial charge in [-0.15, -0.1) is 0 Å². The van der Waals surface area contributed by atoms with Crippen LogP contribution in [0.15, 0.2) is 30.3 Å². The minimum atomic E-state index is -1.18. The van der Waals surface area contributed by atoms with Crippen LogP contribution in [0, 0.1) is 11.8 Å². The minimum absolute atomic E-state index is 0.0463. The number of hydrogen-bond acceptors (Lipinski definition) is 2. The molecule has 1 N–H and O–H groups in total. The van der Waals surface area contributed by atoms with Gasteiger partial charge in [0.05, 0.1) is 0 Å². The van der Waals surface area contributed by atoms with Crippen LogP contribution in [-0.2, 0) is 10.4 Å². The molecule has 0 aliphatic heterocycles. The molecular weight excluding hydrogens is 188 g/mol. The maximum atomic E-state index is 12.0. The third-order valence-corrected chi connectivity index (χ3v) is 3.98. The standard InChI is InChI=1S/C13H14O2/c14-12-9-6-7-11(8-9)13(12,15)10-4-2-1-3-5-10/h1-5,9,11,15H,6-8H2/t9-,11+,13-/m0/s1. The fraction of sp³-hybridized carbons (Fsp3) is 0.462. The Morgan fingerprint density at radius 3 is 2.53 bits per heavy atom. The number of aliphatic hydroxyl groups is 1. The Kier molecular flexibility index (Phi) is 1.77. The highest BCUT2D eigenvalue weighted by molar-refractivity contribution is 5.93. The van der Waals surface area contributed by atoms with Crippen LogP contribution >= 0.6 is 0 Å². The van der Waals surface area contributed by atoms with Gasteiger partial charge >= 0.3 is 0 Å². The monoisotopic (exact) mass is 202 g/mol. The second kappa shape index (κ2) is 2.92. The number of Topliss-reactive ketones (excluding diaryl/α,β-unsaturated/α-hetero) is 1. The maximum absolute atomic E-state index is 12.0. The SMILES string of the molecule is O=C1[C@H]2CC[C@H](C2)[C@@]1(O)c1ccccc1. The Labute approximate surface area is 88.9 Å². The van der Waals surface area contributed by atoms with E-state index in [1.807, 2.05) is 30.3 Å². The van der Waals surface area contributed by atoms with Gasteiger partial charge in [-0.05, 0) is 30.7 Å². The van der Waals surface area contributed by atoms with Crippen LogP contribution in [0.2, 0.25) is 0 Å². The molecule has 0 saturated heterocycles. The van der Waals surface area contributed by atoms with Crippen molar-refractivity contribution in [2.75, 3.05) is 0 Å². The molecule has 0 amide bonds. The summed E-state index contributed by atoms with van der Waals surface area (Å²) in [4.78, 5) is 12.0. The van der Waals surface area contributed by atoms with E-state index in [2.05, 4.69) is 0 Å². The van der Waals surface area contributed by atoms with Gasteiger partial charge in [0.25, 0.3) is 0 Å². The molecule has 2 fully saturated rings. The van der Waals surface area contributed by atoms with Gasteiger partial charge in [-0.2, -0.15) is 0 Å². The van der Waals surface area contributed by atoms with Crippen molar-refractivity contribution in [2.24, 2.45) is 11.8 Å². The highest BCUT2D eigenvalue weighted by Crippen LogP contribution is 2.52. The molecule has 1 aromatic carbocycles. The van der Waals surface area contributed by atoms with Crippen molar-refractivity contribution in [3.05, 3.63) is 35.9 Å². The Hall–Kier alpha value is -1.15. The van der Waals surface area contributed by atoms with E-state index >= 15 is 0 Å². The molecule has 78 valence electrons. The van der Waals surface area contributed by atoms with Gasteiger partial charge in [0.2, 0.25) is 0 Å². The van der Waals surface area contributed by atoms with Crippen molar-refractivity contribution in [1.29, 1.82) is 0 Å². The number of carbonyl (C=O) groups excluding carboxylic acids is 1. The van der Waals surface area contributed by atoms with Crippen LogP contribution in [0.3, 0.4) is 0 Å². The summed E-state index contributed by atoms with van der Waals surface area (Å²) in [5.74, 6) is 0.308. The molecule has 15 heavy (non-hydrogen) atoms. The normalized spacial score (nSPS) is 38.6. The van der Waals surface area contributed by atoms with Crippen molar-refractivity contribution >= 4 is 5.78 Å². The average molecular weight is 202 g/mol. The molecule has 0 spiro atoms. The van der Waals surface area contributed by atoms with Gasteiger partial charge in [0.15, 0.2) is 11.4 Å². The van der Waals surface area contributed by atoms with Crippen molar-refractivity contribution < 1.29 is 9.90 Å². The van der Waals surface area contributed by atoms with Crippen LogP contribution in [0.5, 0.6) is 0 Å². The summed E-state index contributed by atoms with van der Waals surface area (Å²) in [5, 5.41) is 10.6. The van der Waals surface area contributed by atoms with Crippen molar-refractivity contribution in [3.63, 3.8) is 0 Å². The van der Waals surface area contributed by atoms with E-state index in [4.69, 9.17) is 0 Å². The van der Waals surface area contributed by atoms with Crippen LogP contribution in [0.4, 0.5) is 0 Å². The zero-order chi connectivity index (χ0) is 10.5. The molecule has 0 heterocycles. The zero-order valence-electron chi connectivity index (χ0n) is 8.52. The van der Waals surface area contributed by atoms with Crippen LogP contribution in [0.1, 0.15) is 24.8 Å². The number of carbonyl (C=O) groups is 1. The fourth-order valence-electron chi connectivity index (χ4n) is 3.18. The highest BCUT2D eigenvalue weighted by Gasteiger charge is 2.57. The molecule has 3 rings (SSSR count). The molecule has 1 aromatic rings. The summed E-state index contributed by atoms with van der Waals surface area (Å²) in [6.45, 7) is 0. The predicted octanol–water partition coefficient (Wildman–Crippen LogP) is 1.87. The van der Waals surface area contributed by atoms with Gasteiger partial charge < -0.3 is 5.11 Å². The van der Waals surface area contributed by atoms with E-state index in [1.165, 1.54) is 0 Å². The first-order valence-corrected chi connectivity index (χ1v) is 5.55. The molecule has 2 bridgehead atoms. The Bertz CT molecular complexity index is 398. The van der Waals surface area contributed by atoms with E-state index in [-0.39, 0.29) is 17.6 Å². The van der Waals surface area contributed by atoms with Crippen molar-refractivity contribution in [3.8, 4) is 0 Å². The van der Waals surface area contributed by atoms with Gasteiger partial charge in [-0.25, -0.2) is 0 Å². The molecule has 2 saturated carbocycles. The first kappa shape index (κ1) is 9.10. The number of ketones is 1. The lowest BCUT2D eigenvalue weighted by Gasteiger charge is -2.31. The van der Waals surface area contributed by atoms with Crippen molar-refractivity contribution in [1.82, 2.24) is 0 Å². The number of benzene rings is 1. The lowest BCUT2D eigenvalue weighted by Crippen LogP contribution is -2.40. The molecule has 3 atom stereocenters. The second-order valence-corrected chi connectivity index (χ2v) is 4.70. The molecule has 2 nitrogen and oxygen atoms in total. The van der Waals surface area contributed by atoms with Crippen LogP contribution in [-0.4, -0.2) is 10.9 Å². The predicted molar refractivity (Wildman–Crippen MR) is 56.2 cm³/mol. The average Bonchev–Trinajstić information content (AvgIpc) is 2.84. The van der Waals surface area contributed by atoms with E-state index in [0.717, 1.165) is 24.8 Å². The lowest BCUT2D eigenvalue weighted by atomic mass is 9.78. The Morgan fingerprint density at radius 1 is 1.20 bits per heavy atom. The maximum Gasteiger partial charge on any atom is 0.172 e. The molecule has 0 aromatic heterocycles. The highest BCUT2D eigenvalue weighted by atomic mass is 16.3. The number of hydrogen-bond donors (Lipinski definition) is 1. The van der Waals surface area contributed by atoms with Gasteiger partial charge in [0.1, 0.15) is 0 Å². The van der Waals surface area contributed by atoms with Gasteiger partial charge in [-0.3, -0.25) is 4.79 Å². The summed E-state index contributed by atoms with van der Waals surface area (Å²) in [7, 11) is 0. The lowest BCUT2D eigenvalue weighted by molar-refractivity contribution is -0.143. The van der Waals surface area contributed by atoms with E-state index in [9.17, 15) is 9.90 Å². The fourth-order valence-corrected chi connectivity index (χ4v) is 3.18. The molecular formula is C13H14O2. The summed E-state index contributed by atoms with van der Waals surface area (Å²) in [6.07, 6.45) is 2.84. The zero-order valence-corrected chi connectivity index (χ0v) is 8.52. The summed E-state index contributed by atoms with van der Waals surface area (Å²) in [6, 6.07) is 9.39. The number of fused-ring (bicyclic) bond motifs is 2.